The summed E-state index contributed by atoms with van der Waals surface area (Å²) < 4.78 is 0. The van der Waals surface area contributed by atoms with Gasteiger partial charge in [-0.3, -0.25) is 0 Å². The molecule has 0 radical (unpaired) electrons. The first-order chi connectivity index (χ1) is 8.81. The smallest absolute Gasteiger partial charge is 0.0184 e. The van der Waals surface area contributed by atoms with E-state index in [9.17, 15) is 0 Å². The second-order valence-corrected chi connectivity index (χ2v) is 4.51. The van der Waals surface area contributed by atoms with Gasteiger partial charge in [0, 0.05) is 0 Å². The summed E-state index contributed by atoms with van der Waals surface area (Å²) in [5.41, 5.74) is 3.84. The first-order valence-electron chi connectivity index (χ1n) is 6.86. The van der Waals surface area contributed by atoms with Crippen LogP contribution in [0.2, 0.25) is 0 Å². The van der Waals surface area contributed by atoms with E-state index >= 15 is 0 Å². The van der Waals surface area contributed by atoms with E-state index in [1.807, 2.05) is 25.2 Å². The predicted octanol–water partition coefficient (Wildman–Crippen LogP) is 5.56. The summed E-state index contributed by atoms with van der Waals surface area (Å²) in [4.78, 5) is 0. The Bertz CT molecular complexity index is 404. The summed E-state index contributed by atoms with van der Waals surface area (Å²) in [7, 11) is 0. The zero-order valence-electron chi connectivity index (χ0n) is 11.7. The van der Waals surface area contributed by atoms with Crippen molar-refractivity contribution >= 4 is 5.57 Å². The quantitative estimate of drug-likeness (QED) is 0.432. The molecule has 1 aromatic carbocycles. The van der Waals surface area contributed by atoms with Crippen LogP contribution in [0.5, 0.6) is 0 Å². The Kier molecular flexibility index (Phi) is 6.86. The lowest BCUT2D eigenvalue weighted by molar-refractivity contribution is 0.717. The molecule has 0 saturated heterocycles. The maximum Gasteiger partial charge on any atom is -0.0184 e. The molecule has 0 heterocycles. The van der Waals surface area contributed by atoms with E-state index in [0.717, 1.165) is 0 Å². The first-order valence-corrected chi connectivity index (χ1v) is 6.86. The number of unbranched alkanes of at least 4 members (excludes halogenated alkanes) is 2. The average Bonchev–Trinajstić information content (AvgIpc) is 2.41. The van der Waals surface area contributed by atoms with Crippen LogP contribution in [-0.2, 0) is 6.42 Å². The van der Waals surface area contributed by atoms with E-state index in [4.69, 9.17) is 0 Å². The number of hydrogen-bond donors (Lipinski definition) is 0. The molecule has 0 unspecified atom stereocenters. The van der Waals surface area contributed by atoms with Crippen LogP contribution in [0, 0.1) is 0 Å². The van der Waals surface area contributed by atoms with Gasteiger partial charge in [0.25, 0.3) is 0 Å². The lowest BCUT2D eigenvalue weighted by Crippen LogP contribution is -1.87. The third kappa shape index (κ3) is 4.75. The van der Waals surface area contributed by atoms with Gasteiger partial charge in [-0.05, 0) is 36.5 Å². The molecular formula is C18H24. The molecule has 0 fully saturated rings. The molecule has 0 aliphatic rings. The Morgan fingerprint density at radius 2 is 1.89 bits per heavy atom. The van der Waals surface area contributed by atoms with Gasteiger partial charge in [-0.15, -0.1) is 0 Å². The topological polar surface area (TPSA) is 0 Å². The van der Waals surface area contributed by atoms with Crippen LogP contribution in [0.3, 0.4) is 0 Å². The largest absolute Gasteiger partial charge is 0.0984 e. The highest BCUT2D eigenvalue weighted by atomic mass is 14.0. The predicted molar refractivity (Wildman–Crippen MR) is 82.7 cm³/mol. The molecule has 0 nitrogen and oxygen atoms in total. The van der Waals surface area contributed by atoms with Crippen molar-refractivity contribution in [3.05, 3.63) is 66.3 Å². The fourth-order valence-electron chi connectivity index (χ4n) is 1.92. The van der Waals surface area contributed by atoms with E-state index in [1.54, 1.807) is 0 Å². The van der Waals surface area contributed by atoms with Gasteiger partial charge in [-0.1, -0.05) is 74.9 Å². The fourth-order valence-corrected chi connectivity index (χ4v) is 1.92. The van der Waals surface area contributed by atoms with E-state index in [1.165, 1.54) is 42.4 Å². The van der Waals surface area contributed by atoms with Crippen molar-refractivity contribution in [1.29, 1.82) is 0 Å². The SMILES string of the molecule is C=C/C(=C\C=C/C)c1ccc(CCCCC)cc1. The van der Waals surface area contributed by atoms with Gasteiger partial charge in [0.2, 0.25) is 0 Å². The lowest BCUT2D eigenvalue weighted by atomic mass is 10.0. The summed E-state index contributed by atoms with van der Waals surface area (Å²) >= 11 is 0. The van der Waals surface area contributed by atoms with E-state index in [0.29, 0.717) is 0 Å². The number of hydrogen-bond acceptors (Lipinski definition) is 0. The molecule has 0 spiro atoms. The van der Waals surface area contributed by atoms with Crippen LogP contribution in [0.4, 0.5) is 0 Å². The van der Waals surface area contributed by atoms with Crippen LogP contribution in [0.1, 0.15) is 44.2 Å². The lowest BCUT2D eigenvalue weighted by Gasteiger charge is -2.04. The fraction of sp³-hybridized carbons (Fsp3) is 0.333. The third-order valence-corrected chi connectivity index (χ3v) is 3.04. The molecule has 0 N–H and O–H groups in total. The van der Waals surface area contributed by atoms with Gasteiger partial charge < -0.3 is 0 Å². The van der Waals surface area contributed by atoms with Crippen LogP contribution in [-0.4, -0.2) is 0 Å². The highest BCUT2D eigenvalue weighted by molar-refractivity contribution is 5.74. The second-order valence-electron chi connectivity index (χ2n) is 4.51. The molecule has 0 aromatic heterocycles. The monoisotopic (exact) mass is 240 g/mol. The molecule has 0 atom stereocenters. The third-order valence-electron chi connectivity index (χ3n) is 3.04. The van der Waals surface area contributed by atoms with Crippen LogP contribution in [0.25, 0.3) is 5.57 Å². The molecule has 0 saturated carbocycles. The van der Waals surface area contributed by atoms with Gasteiger partial charge in [-0.2, -0.15) is 0 Å². The van der Waals surface area contributed by atoms with E-state index in [2.05, 4.69) is 43.8 Å². The highest BCUT2D eigenvalue weighted by Crippen LogP contribution is 2.17. The normalized spacial score (nSPS) is 12.0. The highest BCUT2D eigenvalue weighted by Gasteiger charge is 1.97. The van der Waals surface area contributed by atoms with Gasteiger partial charge in [-0.25, -0.2) is 0 Å². The summed E-state index contributed by atoms with van der Waals surface area (Å²) in [6.07, 6.45) is 13.2. The van der Waals surface area contributed by atoms with Crippen molar-refractivity contribution in [2.75, 3.05) is 0 Å². The maximum atomic E-state index is 3.87. The van der Waals surface area contributed by atoms with Crippen LogP contribution >= 0.6 is 0 Å². The molecule has 0 aliphatic carbocycles. The molecular weight excluding hydrogens is 216 g/mol. The molecule has 0 heteroatoms. The van der Waals surface area contributed by atoms with Gasteiger partial charge in [0.05, 0.1) is 0 Å². The molecule has 18 heavy (non-hydrogen) atoms. The van der Waals surface area contributed by atoms with Gasteiger partial charge in [0.15, 0.2) is 0 Å². The molecule has 0 amide bonds. The molecule has 1 aromatic rings. The average molecular weight is 240 g/mol. The molecule has 0 bridgehead atoms. The standard InChI is InChI=1S/C18H24/c1-4-7-9-10-16-12-14-18(15-13-16)17(6-3)11-8-5-2/h5-6,8,11-15H,3-4,7,9-10H2,1-2H3/b8-5-,17-11+. The Hall–Kier alpha value is -1.56. The Labute approximate surface area is 112 Å². The van der Waals surface area contributed by atoms with E-state index in [-0.39, 0.29) is 0 Å². The number of aryl methyl sites for hydroxylation is 1. The van der Waals surface area contributed by atoms with Crippen LogP contribution < -0.4 is 0 Å². The Morgan fingerprint density at radius 1 is 1.17 bits per heavy atom. The number of rotatable bonds is 7. The van der Waals surface area contributed by atoms with Crippen molar-refractivity contribution in [3.8, 4) is 0 Å². The summed E-state index contributed by atoms with van der Waals surface area (Å²) in [6.45, 7) is 8.13. The molecule has 0 aliphatic heterocycles. The van der Waals surface area contributed by atoms with Crippen molar-refractivity contribution in [2.24, 2.45) is 0 Å². The summed E-state index contributed by atoms with van der Waals surface area (Å²) in [6, 6.07) is 8.85. The van der Waals surface area contributed by atoms with Gasteiger partial charge in [0.1, 0.15) is 0 Å². The minimum atomic E-state index is 1.17. The second kappa shape index (κ2) is 8.52. The summed E-state index contributed by atoms with van der Waals surface area (Å²) in [5, 5.41) is 0. The number of allylic oxidation sites excluding steroid dienone is 5. The zero-order valence-corrected chi connectivity index (χ0v) is 11.7. The van der Waals surface area contributed by atoms with Crippen LogP contribution in [0.15, 0.2) is 55.1 Å². The Balaban J connectivity index is 2.71. The zero-order chi connectivity index (χ0) is 13.2. The van der Waals surface area contributed by atoms with Crippen molar-refractivity contribution in [1.82, 2.24) is 0 Å². The van der Waals surface area contributed by atoms with Gasteiger partial charge >= 0.3 is 0 Å². The van der Waals surface area contributed by atoms with Crippen molar-refractivity contribution in [2.45, 2.75) is 39.5 Å². The number of benzene rings is 1. The molecule has 96 valence electrons. The van der Waals surface area contributed by atoms with Crippen molar-refractivity contribution < 1.29 is 0 Å². The first kappa shape index (κ1) is 14.5. The Morgan fingerprint density at radius 3 is 2.44 bits per heavy atom. The summed E-state index contributed by atoms with van der Waals surface area (Å²) in [5.74, 6) is 0. The minimum Gasteiger partial charge on any atom is -0.0984 e. The maximum absolute atomic E-state index is 3.87. The van der Waals surface area contributed by atoms with Crippen molar-refractivity contribution in [3.63, 3.8) is 0 Å². The minimum absolute atomic E-state index is 1.17. The molecule has 1 rings (SSSR count). The van der Waals surface area contributed by atoms with E-state index < -0.39 is 0 Å².